The van der Waals surface area contributed by atoms with Crippen LogP contribution in [0.1, 0.15) is 48.4 Å². The lowest BCUT2D eigenvalue weighted by Gasteiger charge is -2.25. The zero-order chi connectivity index (χ0) is 15.7. The van der Waals surface area contributed by atoms with Gasteiger partial charge in [-0.2, -0.15) is 0 Å². The number of nitrogens with zero attached hydrogens (tertiary/aromatic N) is 2. The van der Waals surface area contributed by atoms with Gasteiger partial charge in [0.25, 0.3) is 0 Å². The number of halogens is 2. The Balaban J connectivity index is 1.87. The summed E-state index contributed by atoms with van der Waals surface area (Å²) < 4.78 is 20.4. The van der Waals surface area contributed by atoms with Crippen molar-refractivity contribution in [1.29, 1.82) is 0 Å². The highest BCUT2D eigenvalue weighted by Crippen LogP contribution is 2.37. The second kappa shape index (κ2) is 6.50. The molecule has 22 heavy (non-hydrogen) atoms. The molecule has 1 saturated heterocycles. The predicted molar refractivity (Wildman–Crippen MR) is 87.1 cm³/mol. The van der Waals surface area contributed by atoms with E-state index >= 15 is 0 Å². The monoisotopic (exact) mass is 366 g/mol. The number of aryl methyl sites for hydroxylation is 2. The number of aromatic nitrogens is 1. The van der Waals surface area contributed by atoms with E-state index in [-0.39, 0.29) is 11.9 Å². The van der Waals surface area contributed by atoms with E-state index in [1.54, 1.807) is 6.07 Å². The molecule has 0 aliphatic carbocycles. The highest BCUT2D eigenvalue weighted by atomic mass is 79.9. The van der Waals surface area contributed by atoms with E-state index in [0.29, 0.717) is 6.54 Å². The fraction of sp³-hybridized carbons (Fsp3) is 0.471. The molecular weight excluding hydrogens is 347 g/mol. The number of benzene rings is 1. The Morgan fingerprint density at radius 3 is 3.05 bits per heavy atom. The zero-order valence-corrected chi connectivity index (χ0v) is 14.5. The third-order valence-corrected chi connectivity index (χ3v) is 4.88. The minimum atomic E-state index is -0.147. The van der Waals surface area contributed by atoms with Crippen LogP contribution in [0.25, 0.3) is 0 Å². The SMILES string of the molecule is CCc1onc(C)c1C1CCCN1Cc1cc(Br)ccc1F. The summed E-state index contributed by atoms with van der Waals surface area (Å²) in [7, 11) is 0. The highest BCUT2D eigenvalue weighted by molar-refractivity contribution is 9.10. The predicted octanol–water partition coefficient (Wildman–Crippen LogP) is 4.78. The van der Waals surface area contributed by atoms with Gasteiger partial charge < -0.3 is 4.52 Å². The lowest BCUT2D eigenvalue weighted by Crippen LogP contribution is -2.24. The Labute approximate surface area is 138 Å². The van der Waals surface area contributed by atoms with Gasteiger partial charge in [-0.15, -0.1) is 0 Å². The second-order valence-corrected chi connectivity index (χ2v) is 6.74. The van der Waals surface area contributed by atoms with Crippen LogP contribution in [0, 0.1) is 12.7 Å². The average molecular weight is 367 g/mol. The normalized spacial score (nSPS) is 19.0. The molecule has 1 aromatic carbocycles. The van der Waals surface area contributed by atoms with Crippen molar-refractivity contribution in [3.05, 3.63) is 51.1 Å². The molecule has 1 aliphatic heterocycles. The van der Waals surface area contributed by atoms with Gasteiger partial charge in [0, 0.05) is 34.6 Å². The molecule has 0 bridgehead atoms. The molecule has 118 valence electrons. The fourth-order valence-corrected chi connectivity index (χ4v) is 3.74. The van der Waals surface area contributed by atoms with Gasteiger partial charge in [0.2, 0.25) is 0 Å². The fourth-order valence-electron chi connectivity index (χ4n) is 3.33. The van der Waals surface area contributed by atoms with Crippen molar-refractivity contribution in [2.45, 2.75) is 45.7 Å². The van der Waals surface area contributed by atoms with Crippen LogP contribution in [0.4, 0.5) is 4.39 Å². The molecule has 1 unspecified atom stereocenters. The summed E-state index contributed by atoms with van der Waals surface area (Å²) in [5, 5.41) is 4.12. The number of hydrogen-bond donors (Lipinski definition) is 0. The molecule has 0 amide bonds. The van der Waals surface area contributed by atoms with E-state index in [1.807, 2.05) is 13.0 Å². The topological polar surface area (TPSA) is 29.3 Å². The van der Waals surface area contributed by atoms with Gasteiger partial charge >= 0.3 is 0 Å². The van der Waals surface area contributed by atoms with E-state index in [1.165, 1.54) is 11.6 Å². The molecule has 1 atom stereocenters. The first-order chi connectivity index (χ1) is 10.6. The van der Waals surface area contributed by atoms with Gasteiger partial charge in [-0.1, -0.05) is 28.0 Å². The Morgan fingerprint density at radius 2 is 2.27 bits per heavy atom. The van der Waals surface area contributed by atoms with E-state index in [0.717, 1.165) is 47.3 Å². The Bertz CT molecular complexity index is 671. The van der Waals surface area contributed by atoms with Gasteiger partial charge in [0.05, 0.1) is 5.69 Å². The molecule has 1 fully saturated rings. The molecule has 0 saturated carbocycles. The minimum absolute atomic E-state index is 0.147. The first-order valence-corrected chi connectivity index (χ1v) is 8.52. The third kappa shape index (κ3) is 2.97. The maximum Gasteiger partial charge on any atom is 0.141 e. The largest absolute Gasteiger partial charge is 0.361 e. The summed E-state index contributed by atoms with van der Waals surface area (Å²) >= 11 is 3.42. The summed E-state index contributed by atoms with van der Waals surface area (Å²) in [6, 6.07) is 5.40. The first kappa shape index (κ1) is 15.7. The van der Waals surface area contributed by atoms with Crippen molar-refractivity contribution in [2.75, 3.05) is 6.54 Å². The van der Waals surface area contributed by atoms with Crippen molar-refractivity contribution in [3.63, 3.8) is 0 Å². The lowest BCUT2D eigenvalue weighted by atomic mass is 10.0. The standard InChI is InChI=1S/C17H20BrFN2O/c1-3-16-17(11(2)20-22-16)15-5-4-8-21(15)10-12-9-13(18)6-7-14(12)19/h6-7,9,15H,3-5,8,10H2,1-2H3. The van der Waals surface area contributed by atoms with Crippen LogP contribution in [0.15, 0.2) is 27.2 Å². The van der Waals surface area contributed by atoms with E-state index < -0.39 is 0 Å². The molecule has 2 aromatic rings. The Kier molecular flexibility index (Phi) is 4.64. The van der Waals surface area contributed by atoms with E-state index in [2.05, 4.69) is 32.9 Å². The lowest BCUT2D eigenvalue weighted by molar-refractivity contribution is 0.241. The number of rotatable bonds is 4. The smallest absolute Gasteiger partial charge is 0.141 e. The van der Waals surface area contributed by atoms with E-state index in [4.69, 9.17) is 4.52 Å². The molecule has 5 heteroatoms. The molecule has 0 spiro atoms. The Hall–Kier alpha value is -1.20. The van der Waals surface area contributed by atoms with Gasteiger partial charge in [-0.25, -0.2) is 4.39 Å². The summed E-state index contributed by atoms with van der Waals surface area (Å²) in [6.45, 7) is 5.67. The van der Waals surface area contributed by atoms with Crippen LogP contribution in [-0.2, 0) is 13.0 Å². The molecular formula is C17H20BrFN2O. The van der Waals surface area contributed by atoms with Crippen molar-refractivity contribution in [1.82, 2.24) is 10.1 Å². The van der Waals surface area contributed by atoms with E-state index in [9.17, 15) is 4.39 Å². The summed E-state index contributed by atoms with van der Waals surface area (Å²) in [6.07, 6.45) is 3.03. The maximum absolute atomic E-state index is 14.0. The highest BCUT2D eigenvalue weighted by Gasteiger charge is 2.31. The maximum atomic E-state index is 14.0. The summed E-state index contributed by atoms with van der Waals surface area (Å²) in [4.78, 5) is 2.34. The number of likely N-dealkylation sites (tertiary alicyclic amines) is 1. The first-order valence-electron chi connectivity index (χ1n) is 7.73. The third-order valence-electron chi connectivity index (χ3n) is 4.38. The average Bonchev–Trinajstić information content (AvgIpc) is 3.08. The van der Waals surface area contributed by atoms with Crippen molar-refractivity contribution >= 4 is 15.9 Å². The quantitative estimate of drug-likeness (QED) is 0.779. The molecule has 3 rings (SSSR count). The van der Waals surface area contributed by atoms with Crippen LogP contribution in [0.3, 0.4) is 0 Å². The number of hydrogen-bond acceptors (Lipinski definition) is 3. The van der Waals surface area contributed by atoms with Crippen LogP contribution in [-0.4, -0.2) is 16.6 Å². The minimum Gasteiger partial charge on any atom is -0.361 e. The molecule has 2 heterocycles. The van der Waals surface area contributed by atoms with Gasteiger partial charge in [0.15, 0.2) is 0 Å². The van der Waals surface area contributed by atoms with Crippen molar-refractivity contribution in [2.24, 2.45) is 0 Å². The summed E-state index contributed by atoms with van der Waals surface area (Å²) in [5.41, 5.74) is 2.90. The zero-order valence-electron chi connectivity index (χ0n) is 12.9. The van der Waals surface area contributed by atoms with Crippen LogP contribution < -0.4 is 0 Å². The molecule has 0 radical (unpaired) electrons. The molecule has 1 aliphatic rings. The molecule has 0 N–H and O–H groups in total. The molecule has 1 aromatic heterocycles. The van der Waals surface area contributed by atoms with Crippen LogP contribution in [0.2, 0.25) is 0 Å². The molecule has 3 nitrogen and oxygen atoms in total. The Morgan fingerprint density at radius 1 is 1.45 bits per heavy atom. The second-order valence-electron chi connectivity index (χ2n) is 5.82. The van der Waals surface area contributed by atoms with Crippen molar-refractivity contribution in [3.8, 4) is 0 Å². The van der Waals surface area contributed by atoms with Crippen LogP contribution in [0.5, 0.6) is 0 Å². The van der Waals surface area contributed by atoms with Gasteiger partial charge in [-0.05, 0) is 44.5 Å². The van der Waals surface area contributed by atoms with Crippen molar-refractivity contribution < 1.29 is 8.91 Å². The van der Waals surface area contributed by atoms with Gasteiger partial charge in [-0.3, -0.25) is 4.90 Å². The summed E-state index contributed by atoms with van der Waals surface area (Å²) in [5.74, 6) is 0.815. The van der Waals surface area contributed by atoms with Crippen LogP contribution >= 0.6 is 15.9 Å². The van der Waals surface area contributed by atoms with Gasteiger partial charge in [0.1, 0.15) is 11.6 Å².